The van der Waals surface area contributed by atoms with Crippen LogP contribution in [0.1, 0.15) is 34.1 Å². The van der Waals surface area contributed by atoms with E-state index in [2.05, 4.69) is 22.6 Å². The Morgan fingerprint density at radius 3 is 2.05 bits per heavy atom. The summed E-state index contributed by atoms with van der Waals surface area (Å²) in [6.07, 6.45) is -0.0789. The number of nitrogens with zero attached hydrogens (tertiary/aromatic N) is 1. The molecule has 1 atom stereocenters. The van der Waals surface area contributed by atoms with Crippen molar-refractivity contribution >= 4 is 34.4 Å². The van der Waals surface area contributed by atoms with Gasteiger partial charge < -0.3 is 4.74 Å². The molecule has 112 valence electrons. The van der Waals surface area contributed by atoms with Crippen molar-refractivity contribution in [2.24, 2.45) is 0 Å². The van der Waals surface area contributed by atoms with Crippen LogP contribution in [0.4, 0.5) is 0 Å². The van der Waals surface area contributed by atoms with Gasteiger partial charge in [0, 0.05) is 9.99 Å². The van der Waals surface area contributed by atoms with Gasteiger partial charge in [0.05, 0.1) is 11.1 Å². The molecule has 1 aliphatic heterocycles. The number of hydrogen-bond acceptors (Lipinski definition) is 3. The maximum absolute atomic E-state index is 12.5. The average molecular weight is 407 g/mol. The van der Waals surface area contributed by atoms with Crippen molar-refractivity contribution in [1.29, 1.82) is 0 Å². The van der Waals surface area contributed by atoms with Crippen LogP contribution < -0.4 is 4.74 Å². The summed E-state index contributed by atoms with van der Waals surface area (Å²) in [4.78, 5) is 26.2. The molecule has 5 heteroatoms. The van der Waals surface area contributed by atoms with Gasteiger partial charge in [0.2, 0.25) is 0 Å². The minimum Gasteiger partial charge on any atom is -0.470 e. The van der Waals surface area contributed by atoms with Crippen molar-refractivity contribution in [2.45, 2.75) is 19.6 Å². The minimum absolute atomic E-state index is 0.294. The Balaban J connectivity index is 1.87. The Labute approximate surface area is 142 Å². The molecule has 0 saturated heterocycles. The maximum atomic E-state index is 12.5. The molecule has 1 unspecified atom stereocenters. The average Bonchev–Trinajstić information content (AvgIpc) is 2.79. The van der Waals surface area contributed by atoms with Gasteiger partial charge in [0.25, 0.3) is 11.8 Å². The smallest absolute Gasteiger partial charge is 0.264 e. The molecule has 0 aliphatic carbocycles. The van der Waals surface area contributed by atoms with E-state index in [0.29, 0.717) is 23.3 Å². The van der Waals surface area contributed by atoms with Gasteiger partial charge in [-0.05, 0) is 59.0 Å². The topological polar surface area (TPSA) is 46.6 Å². The number of carbonyl (C=O) groups is 2. The third kappa shape index (κ3) is 2.61. The fourth-order valence-electron chi connectivity index (χ4n) is 2.46. The first kappa shape index (κ1) is 15.0. The quantitative estimate of drug-likeness (QED) is 0.574. The Kier molecular flexibility index (Phi) is 4.15. The summed E-state index contributed by atoms with van der Waals surface area (Å²) >= 11 is 2.21. The molecule has 0 fully saturated rings. The van der Waals surface area contributed by atoms with Crippen LogP contribution in [-0.4, -0.2) is 22.9 Å². The molecule has 0 bridgehead atoms. The zero-order chi connectivity index (χ0) is 15.7. The molecule has 22 heavy (non-hydrogen) atoms. The van der Waals surface area contributed by atoms with Gasteiger partial charge in [-0.3, -0.25) is 9.59 Å². The molecule has 3 rings (SSSR count). The summed E-state index contributed by atoms with van der Waals surface area (Å²) in [5.74, 6) is 0.0553. The highest BCUT2D eigenvalue weighted by Gasteiger charge is 2.40. The second-order valence-corrected chi connectivity index (χ2v) is 6.21. The number of rotatable bonds is 4. The van der Waals surface area contributed by atoms with E-state index in [-0.39, 0.29) is 11.8 Å². The molecule has 2 aromatic carbocycles. The second kappa shape index (κ2) is 6.08. The van der Waals surface area contributed by atoms with Crippen LogP contribution in [0.15, 0.2) is 48.5 Å². The summed E-state index contributed by atoms with van der Waals surface area (Å²) < 4.78 is 6.95. The summed E-state index contributed by atoms with van der Waals surface area (Å²) in [6.45, 7) is 1.89. The molecule has 1 heterocycles. The number of amides is 2. The lowest BCUT2D eigenvalue weighted by Crippen LogP contribution is -2.43. The number of carbonyl (C=O) groups excluding carboxylic acids is 2. The zero-order valence-corrected chi connectivity index (χ0v) is 14.1. The SMILES string of the molecule is CCC(Oc1ccc(I)cc1)N1C(=O)c2ccccc2C1=O. The van der Waals surface area contributed by atoms with Gasteiger partial charge in [0.1, 0.15) is 5.75 Å². The predicted octanol–water partition coefficient (Wildman–Crippen LogP) is 3.70. The number of imide groups is 1. The molecule has 0 aromatic heterocycles. The van der Waals surface area contributed by atoms with Crippen LogP contribution in [0.2, 0.25) is 0 Å². The Hall–Kier alpha value is -1.89. The van der Waals surface area contributed by atoms with E-state index in [1.165, 1.54) is 4.90 Å². The number of halogens is 1. The largest absolute Gasteiger partial charge is 0.470 e. The van der Waals surface area contributed by atoms with E-state index in [4.69, 9.17) is 4.74 Å². The van der Waals surface area contributed by atoms with Crippen molar-refractivity contribution in [1.82, 2.24) is 4.90 Å². The van der Waals surface area contributed by atoms with Crippen molar-refractivity contribution in [3.63, 3.8) is 0 Å². The standard InChI is InChI=1S/C17H14INO3/c1-2-15(22-12-9-7-11(18)8-10-12)19-16(20)13-5-3-4-6-14(13)17(19)21/h3-10,15H,2H2,1H3. The molecular weight excluding hydrogens is 393 g/mol. The molecule has 2 amide bonds. The third-order valence-electron chi connectivity index (χ3n) is 3.55. The molecule has 0 radical (unpaired) electrons. The lowest BCUT2D eigenvalue weighted by molar-refractivity contribution is 0.0226. The van der Waals surface area contributed by atoms with E-state index in [9.17, 15) is 9.59 Å². The van der Waals surface area contributed by atoms with Gasteiger partial charge in [-0.2, -0.15) is 0 Å². The van der Waals surface area contributed by atoms with Gasteiger partial charge in [-0.15, -0.1) is 0 Å². The lowest BCUT2D eigenvalue weighted by atomic mass is 10.1. The Morgan fingerprint density at radius 2 is 1.55 bits per heavy atom. The van der Waals surface area contributed by atoms with Crippen LogP contribution >= 0.6 is 22.6 Å². The molecule has 0 N–H and O–H groups in total. The number of hydrogen-bond donors (Lipinski definition) is 0. The summed E-state index contributed by atoms with van der Waals surface area (Å²) in [5.41, 5.74) is 0.884. The Morgan fingerprint density at radius 1 is 1.00 bits per heavy atom. The highest BCUT2D eigenvalue weighted by molar-refractivity contribution is 14.1. The van der Waals surface area contributed by atoms with Crippen LogP contribution in [0.5, 0.6) is 5.75 Å². The molecule has 4 nitrogen and oxygen atoms in total. The maximum Gasteiger partial charge on any atom is 0.264 e. The fraction of sp³-hybridized carbons (Fsp3) is 0.176. The van der Waals surface area contributed by atoms with Crippen molar-refractivity contribution in [3.8, 4) is 5.75 Å². The van der Waals surface area contributed by atoms with Crippen LogP contribution in [0.3, 0.4) is 0 Å². The molecular formula is C17H14INO3. The normalized spacial score (nSPS) is 14.9. The van der Waals surface area contributed by atoms with E-state index >= 15 is 0 Å². The molecule has 0 spiro atoms. The summed E-state index contributed by atoms with van der Waals surface area (Å²) in [7, 11) is 0. The van der Waals surface area contributed by atoms with E-state index in [1.807, 2.05) is 31.2 Å². The number of benzene rings is 2. The molecule has 0 saturated carbocycles. The zero-order valence-electron chi connectivity index (χ0n) is 12.0. The highest BCUT2D eigenvalue weighted by Crippen LogP contribution is 2.27. The predicted molar refractivity (Wildman–Crippen MR) is 90.8 cm³/mol. The highest BCUT2D eigenvalue weighted by atomic mass is 127. The van der Waals surface area contributed by atoms with Gasteiger partial charge in [-0.1, -0.05) is 19.1 Å². The van der Waals surface area contributed by atoms with Crippen molar-refractivity contribution in [3.05, 3.63) is 63.2 Å². The first-order valence-electron chi connectivity index (χ1n) is 7.01. The molecule has 2 aromatic rings. The van der Waals surface area contributed by atoms with Crippen LogP contribution in [0.25, 0.3) is 0 Å². The van der Waals surface area contributed by atoms with Gasteiger partial charge in [0.15, 0.2) is 6.23 Å². The van der Waals surface area contributed by atoms with Crippen LogP contribution in [-0.2, 0) is 0 Å². The summed E-state index contributed by atoms with van der Waals surface area (Å²) in [5, 5.41) is 0. The van der Waals surface area contributed by atoms with Gasteiger partial charge >= 0.3 is 0 Å². The Bertz CT molecular complexity index is 692. The van der Waals surface area contributed by atoms with Crippen LogP contribution in [0, 0.1) is 3.57 Å². The number of fused-ring (bicyclic) bond motifs is 1. The second-order valence-electron chi connectivity index (χ2n) is 4.96. The first-order valence-corrected chi connectivity index (χ1v) is 8.09. The van der Waals surface area contributed by atoms with E-state index in [1.54, 1.807) is 24.3 Å². The fourth-order valence-corrected chi connectivity index (χ4v) is 2.82. The summed E-state index contributed by atoms with van der Waals surface area (Å²) in [6, 6.07) is 14.4. The van der Waals surface area contributed by atoms with Crippen molar-refractivity contribution in [2.75, 3.05) is 0 Å². The van der Waals surface area contributed by atoms with Crippen molar-refractivity contribution < 1.29 is 14.3 Å². The minimum atomic E-state index is -0.604. The first-order chi connectivity index (χ1) is 10.6. The van der Waals surface area contributed by atoms with E-state index in [0.717, 1.165) is 3.57 Å². The van der Waals surface area contributed by atoms with Gasteiger partial charge in [-0.25, -0.2) is 4.90 Å². The third-order valence-corrected chi connectivity index (χ3v) is 4.27. The number of ether oxygens (including phenoxy) is 1. The van der Waals surface area contributed by atoms with E-state index < -0.39 is 6.23 Å². The monoisotopic (exact) mass is 407 g/mol. The lowest BCUT2D eigenvalue weighted by Gasteiger charge is -2.25. The molecule has 1 aliphatic rings.